The average Bonchev–Trinajstić information content (AvgIpc) is 2.79. The predicted molar refractivity (Wildman–Crippen MR) is 78.5 cm³/mol. The van der Waals surface area contributed by atoms with Crippen molar-refractivity contribution in [3.05, 3.63) is 0 Å². The quantitative estimate of drug-likeness (QED) is 0.676. The molecule has 4 heteroatoms. The first-order valence-corrected chi connectivity index (χ1v) is 7.78. The van der Waals surface area contributed by atoms with Crippen molar-refractivity contribution >= 4 is 5.97 Å². The highest BCUT2D eigenvalue weighted by atomic mass is 16.4. The van der Waals surface area contributed by atoms with E-state index in [1.54, 1.807) is 0 Å². The van der Waals surface area contributed by atoms with Gasteiger partial charge in [-0.25, -0.2) is 0 Å². The number of aliphatic carboxylic acids is 1. The molecule has 1 fully saturated rings. The molecule has 0 radical (unpaired) electrons. The summed E-state index contributed by atoms with van der Waals surface area (Å²) in [5.74, 6) is -0.696. The Morgan fingerprint density at radius 2 is 2.21 bits per heavy atom. The molecule has 2 unspecified atom stereocenters. The number of nitrogens with one attached hydrogen (secondary N) is 1. The molecular formula is C15H30N2O2. The van der Waals surface area contributed by atoms with Crippen LogP contribution in [0.5, 0.6) is 0 Å². The van der Waals surface area contributed by atoms with E-state index in [1.165, 1.54) is 19.4 Å². The van der Waals surface area contributed by atoms with Crippen LogP contribution in [-0.4, -0.2) is 47.2 Å². The summed E-state index contributed by atoms with van der Waals surface area (Å²) in [6, 6.07) is 0.671. The number of hydrogen-bond donors (Lipinski definition) is 2. The van der Waals surface area contributed by atoms with Crippen LogP contribution in [0.4, 0.5) is 0 Å². The minimum absolute atomic E-state index is 0.651. The van der Waals surface area contributed by atoms with Gasteiger partial charge in [0.1, 0.15) is 5.54 Å². The first-order chi connectivity index (χ1) is 9.05. The summed E-state index contributed by atoms with van der Waals surface area (Å²) < 4.78 is 0. The summed E-state index contributed by atoms with van der Waals surface area (Å²) in [5.41, 5.74) is -0.723. The molecule has 0 amide bonds. The van der Waals surface area contributed by atoms with E-state index in [0.29, 0.717) is 12.5 Å². The van der Waals surface area contributed by atoms with Gasteiger partial charge in [-0.15, -0.1) is 0 Å². The Morgan fingerprint density at radius 1 is 1.47 bits per heavy atom. The van der Waals surface area contributed by atoms with Crippen molar-refractivity contribution < 1.29 is 9.90 Å². The van der Waals surface area contributed by atoms with Gasteiger partial charge in [-0.05, 0) is 65.1 Å². The van der Waals surface area contributed by atoms with Crippen LogP contribution in [0.25, 0.3) is 0 Å². The summed E-state index contributed by atoms with van der Waals surface area (Å²) in [4.78, 5) is 14.1. The molecule has 0 bridgehead atoms. The van der Waals surface area contributed by atoms with Gasteiger partial charge in [0.05, 0.1) is 0 Å². The normalized spacial score (nSPS) is 23.4. The molecule has 2 atom stereocenters. The number of carboxylic acids is 1. The van der Waals surface area contributed by atoms with E-state index in [4.69, 9.17) is 0 Å². The van der Waals surface area contributed by atoms with Gasteiger partial charge in [0.25, 0.3) is 0 Å². The lowest BCUT2D eigenvalue weighted by atomic mass is 9.90. The third kappa shape index (κ3) is 4.46. The molecule has 4 nitrogen and oxygen atoms in total. The molecule has 0 saturated carbocycles. The summed E-state index contributed by atoms with van der Waals surface area (Å²) >= 11 is 0. The number of nitrogens with zero attached hydrogens (tertiary/aromatic N) is 1. The molecule has 0 aliphatic carbocycles. The van der Waals surface area contributed by atoms with Crippen molar-refractivity contribution in [1.29, 1.82) is 0 Å². The molecular weight excluding hydrogens is 240 g/mol. The third-order valence-corrected chi connectivity index (χ3v) is 4.47. The second-order valence-electron chi connectivity index (χ2n) is 5.80. The van der Waals surface area contributed by atoms with E-state index in [9.17, 15) is 9.90 Å². The minimum Gasteiger partial charge on any atom is -0.480 e. The Morgan fingerprint density at radius 3 is 2.68 bits per heavy atom. The van der Waals surface area contributed by atoms with E-state index < -0.39 is 11.5 Å². The molecule has 0 aromatic heterocycles. The molecule has 0 aromatic rings. The molecule has 112 valence electrons. The Hall–Kier alpha value is -0.610. The Bertz CT molecular complexity index is 283. The summed E-state index contributed by atoms with van der Waals surface area (Å²) in [6.45, 7) is 9.29. The lowest BCUT2D eigenvalue weighted by molar-refractivity contribution is -0.145. The first-order valence-electron chi connectivity index (χ1n) is 7.78. The number of hydrogen-bond acceptors (Lipinski definition) is 3. The number of carbonyl (C=O) groups is 1. The lowest BCUT2D eigenvalue weighted by Gasteiger charge is -2.31. The topological polar surface area (TPSA) is 52.6 Å². The smallest absolute Gasteiger partial charge is 0.323 e. The summed E-state index contributed by atoms with van der Waals surface area (Å²) in [6.07, 6.45) is 5.87. The van der Waals surface area contributed by atoms with Crippen molar-refractivity contribution in [1.82, 2.24) is 10.2 Å². The van der Waals surface area contributed by atoms with E-state index >= 15 is 0 Å². The second-order valence-corrected chi connectivity index (χ2v) is 5.80. The molecule has 1 saturated heterocycles. The maximum absolute atomic E-state index is 11.6. The van der Waals surface area contributed by atoms with Gasteiger partial charge in [-0.1, -0.05) is 13.8 Å². The van der Waals surface area contributed by atoms with Crippen molar-refractivity contribution in [2.75, 3.05) is 19.6 Å². The van der Waals surface area contributed by atoms with Gasteiger partial charge in [0.2, 0.25) is 0 Å². The van der Waals surface area contributed by atoms with E-state index in [0.717, 1.165) is 32.4 Å². The maximum Gasteiger partial charge on any atom is 0.323 e. The molecule has 0 spiro atoms. The summed E-state index contributed by atoms with van der Waals surface area (Å²) in [5, 5.41) is 12.8. The second kappa shape index (κ2) is 7.85. The van der Waals surface area contributed by atoms with Gasteiger partial charge >= 0.3 is 5.97 Å². The third-order valence-electron chi connectivity index (χ3n) is 4.47. The van der Waals surface area contributed by atoms with Crippen LogP contribution >= 0.6 is 0 Å². The van der Waals surface area contributed by atoms with Gasteiger partial charge in [-0.3, -0.25) is 4.79 Å². The van der Waals surface area contributed by atoms with Gasteiger partial charge in [0.15, 0.2) is 0 Å². The van der Waals surface area contributed by atoms with Crippen molar-refractivity contribution in [2.45, 2.75) is 70.9 Å². The zero-order valence-corrected chi connectivity index (χ0v) is 12.7. The molecule has 1 aliphatic rings. The fraction of sp³-hybridized carbons (Fsp3) is 0.933. The van der Waals surface area contributed by atoms with Crippen molar-refractivity contribution in [3.8, 4) is 0 Å². The Labute approximate surface area is 117 Å². The molecule has 19 heavy (non-hydrogen) atoms. The average molecular weight is 270 g/mol. The Kier molecular flexibility index (Phi) is 6.80. The van der Waals surface area contributed by atoms with Crippen LogP contribution in [0, 0.1) is 0 Å². The molecule has 1 heterocycles. The standard InChI is InChI=1S/C15H30N2O2/c1-4-10-16-15(5-2,14(18)19)9-7-12-17-11-6-8-13(17)3/h13,16H,4-12H2,1-3H3,(H,18,19). The van der Waals surface area contributed by atoms with Crippen molar-refractivity contribution in [2.24, 2.45) is 0 Å². The lowest BCUT2D eigenvalue weighted by Crippen LogP contribution is -2.52. The SMILES string of the molecule is CCCNC(CC)(CCCN1CCCC1C)C(=O)O. The highest BCUT2D eigenvalue weighted by Crippen LogP contribution is 2.21. The molecule has 1 aliphatic heterocycles. The van der Waals surface area contributed by atoms with Gasteiger partial charge in [-0.2, -0.15) is 0 Å². The van der Waals surface area contributed by atoms with E-state index in [-0.39, 0.29) is 0 Å². The van der Waals surface area contributed by atoms with Crippen molar-refractivity contribution in [3.63, 3.8) is 0 Å². The number of carboxylic acid groups (broad SMARTS) is 1. The molecule has 1 rings (SSSR count). The fourth-order valence-corrected chi connectivity index (χ4v) is 3.00. The number of rotatable bonds is 9. The molecule has 0 aromatic carbocycles. The van der Waals surface area contributed by atoms with Gasteiger partial charge in [0, 0.05) is 6.04 Å². The Balaban J connectivity index is 2.45. The van der Waals surface area contributed by atoms with Crippen LogP contribution in [0.1, 0.15) is 59.3 Å². The predicted octanol–water partition coefficient (Wildman–Crippen LogP) is 2.48. The highest BCUT2D eigenvalue weighted by molar-refractivity contribution is 5.78. The van der Waals surface area contributed by atoms with Crippen LogP contribution in [-0.2, 0) is 4.79 Å². The highest BCUT2D eigenvalue weighted by Gasteiger charge is 2.35. The first kappa shape index (κ1) is 16.4. The number of likely N-dealkylation sites (tertiary alicyclic amines) is 1. The van der Waals surface area contributed by atoms with Crippen LogP contribution < -0.4 is 5.32 Å². The molecule has 2 N–H and O–H groups in total. The van der Waals surface area contributed by atoms with E-state index in [2.05, 4.69) is 24.1 Å². The largest absolute Gasteiger partial charge is 0.480 e. The zero-order valence-electron chi connectivity index (χ0n) is 12.7. The van der Waals surface area contributed by atoms with E-state index in [1.807, 2.05) is 6.92 Å². The maximum atomic E-state index is 11.6. The van der Waals surface area contributed by atoms with Crippen LogP contribution in [0.3, 0.4) is 0 Å². The van der Waals surface area contributed by atoms with Gasteiger partial charge < -0.3 is 15.3 Å². The fourth-order valence-electron chi connectivity index (χ4n) is 3.00. The van der Waals surface area contributed by atoms with Crippen LogP contribution in [0.15, 0.2) is 0 Å². The minimum atomic E-state index is -0.723. The van der Waals surface area contributed by atoms with Crippen LogP contribution in [0.2, 0.25) is 0 Å². The zero-order chi connectivity index (χ0) is 14.3. The summed E-state index contributed by atoms with van der Waals surface area (Å²) in [7, 11) is 0. The monoisotopic (exact) mass is 270 g/mol.